The van der Waals surface area contributed by atoms with Crippen molar-refractivity contribution >= 4 is 5.91 Å². The second-order valence-corrected chi connectivity index (χ2v) is 5.96. The highest BCUT2D eigenvalue weighted by Gasteiger charge is 2.30. The zero-order valence-corrected chi connectivity index (χ0v) is 14.4. The predicted molar refractivity (Wildman–Crippen MR) is 96.5 cm³/mol. The highest BCUT2D eigenvalue weighted by Crippen LogP contribution is 2.22. The predicted octanol–water partition coefficient (Wildman–Crippen LogP) is 2.61. The van der Waals surface area contributed by atoms with E-state index in [0.29, 0.717) is 11.3 Å². The van der Waals surface area contributed by atoms with Crippen molar-refractivity contribution in [3.8, 4) is 11.3 Å². The van der Waals surface area contributed by atoms with Crippen LogP contribution in [-0.4, -0.2) is 36.4 Å². The molecule has 0 saturated heterocycles. The van der Waals surface area contributed by atoms with Gasteiger partial charge in [-0.1, -0.05) is 65.8 Å². The number of methoxy groups -OCH3 is 1. The largest absolute Gasteiger partial charge is 0.381 e. The van der Waals surface area contributed by atoms with Gasteiger partial charge in [0.05, 0.1) is 13.2 Å². The van der Waals surface area contributed by atoms with Gasteiger partial charge in [-0.2, -0.15) is 0 Å². The van der Waals surface area contributed by atoms with Crippen molar-refractivity contribution in [2.24, 2.45) is 0 Å². The van der Waals surface area contributed by atoms with E-state index in [-0.39, 0.29) is 18.8 Å². The third-order valence-corrected chi connectivity index (χ3v) is 4.04. The van der Waals surface area contributed by atoms with Crippen LogP contribution < -0.4 is 5.32 Å². The number of ether oxygens (including phenoxy) is 1. The Hall–Kier alpha value is -2.96. The molecule has 0 saturated carbocycles. The maximum absolute atomic E-state index is 12.4. The molecule has 0 spiro atoms. The van der Waals surface area contributed by atoms with E-state index in [0.717, 1.165) is 5.56 Å². The van der Waals surface area contributed by atoms with Gasteiger partial charge in [-0.15, -0.1) is 0 Å². The number of carbonyl (C=O) groups excluding carboxylic acids is 1. The fourth-order valence-electron chi connectivity index (χ4n) is 2.66. The second-order valence-electron chi connectivity index (χ2n) is 5.96. The molecule has 2 N–H and O–H groups in total. The van der Waals surface area contributed by atoms with Gasteiger partial charge in [0.15, 0.2) is 11.5 Å². The molecule has 1 aromatic heterocycles. The number of amides is 1. The van der Waals surface area contributed by atoms with Crippen LogP contribution in [0.1, 0.15) is 16.1 Å². The van der Waals surface area contributed by atoms with Crippen LogP contribution in [0.5, 0.6) is 0 Å². The van der Waals surface area contributed by atoms with E-state index in [2.05, 4.69) is 10.5 Å². The molecule has 0 aliphatic carbocycles. The summed E-state index contributed by atoms with van der Waals surface area (Å²) in [5.41, 5.74) is 0.306. The summed E-state index contributed by atoms with van der Waals surface area (Å²) in [6.45, 7) is 0.0303. The zero-order valence-electron chi connectivity index (χ0n) is 14.4. The molecule has 6 heteroatoms. The molecule has 0 fully saturated rings. The Kier molecular flexibility index (Phi) is 5.46. The van der Waals surface area contributed by atoms with Crippen molar-refractivity contribution < 1.29 is 19.2 Å². The fraction of sp³-hybridized carbons (Fsp3) is 0.200. The third-order valence-electron chi connectivity index (χ3n) is 4.04. The molecule has 1 atom stereocenters. The first-order valence-electron chi connectivity index (χ1n) is 8.19. The normalized spacial score (nSPS) is 13.2. The number of nitrogens with zero attached hydrogens (tertiary/aromatic N) is 1. The molecular weight excluding hydrogens is 332 g/mol. The van der Waals surface area contributed by atoms with Crippen LogP contribution >= 0.6 is 0 Å². The maximum Gasteiger partial charge on any atom is 0.273 e. The van der Waals surface area contributed by atoms with Gasteiger partial charge in [0.25, 0.3) is 5.91 Å². The third kappa shape index (κ3) is 3.99. The molecule has 134 valence electrons. The molecule has 26 heavy (non-hydrogen) atoms. The van der Waals surface area contributed by atoms with E-state index in [4.69, 9.17) is 9.26 Å². The van der Waals surface area contributed by atoms with Crippen LogP contribution in [0.15, 0.2) is 71.3 Å². The van der Waals surface area contributed by atoms with Gasteiger partial charge in [0.2, 0.25) is 0 Å². The number of nitrogens with one attached hydrogen (secondary N) is 1. The van der Waals surface area contributed by atoms with Gasteiger partial charge in [0.1, 0.15) is 5.60 Å². The SMILES string of the molecule is COC[C@@](O)(CNC(=O)c1cc(-c2ccccc2)on1)c1ccccc1. The van der Waals surface area contributed by atoms with Crippen LogP contribution in [0, 0.1) is 0 Å². The summed E-state index contributed by atoms with van der Waals surface area (Å²) in [5, 5.41) is 17.4. The van der Waals surface area contributed by atoms with Gasteiger partial charge in [-0.3, -0.25) is 4.79 Å². The highest BCUT2D eigenvalue weighted by atomic mass is 16.5. The number of benzene rings is 2. The second kappa shape index (κ2) is 7.95. The van der Waals surface area contributed by atoms with Crippen LogP contribution in [0.3, 0.4) is 0 Å². The van der Waals surface area contributed by atoms with Crippen molar-refractivity contribution in [1.82, 2.24) is 10.5 Å². The lowest BCUT2D eigenvalue weighted by Gasteiger charge is -2.28. The minimum absolute atomic E-state index is 0.0166. The van der Waals surface area contributed by atoms with E-state index >= 15 is 0 Å². The van der Waals surface area contributed by atoms with Crippen molar-refractivity contribution in [3.63, 3.8) is 0 Å². The smallest absolute Gasteiger partial charge is 0.273 e. The maximum atomic E-state index is 12.4. The minimum atomic E-state index is -1.34. The van der Waals surface area contributed by atoms with Gasteiger partial charge in [0, 0.05) is 18.7 Å². The lowest BCUT2D eigenvalue weighted by atomic mass is 9.94. The van der Waals surface area contributed by atoms with E-state index in [1.807, 2.05) is 48.5 Å². The average Bonchev–Trinajstić information content (AvgIpc) is 3.18. The molecule has 1 amide bonds. The lowest BCUT2D eigenvalue weighted by molar-refractivity contribution is -0.0335. The molecule has 6 nitrogen and oxygen atoms in total. The van der Waals surface area contributed by atoms with Gasteiger partial charge >= 0.3 is 0 Å². The molecular formula is C20H20N2O4. The van der Waals surface area contributed by atoms with Crippen LogP contribution in [0.2, 0.25) is 0 Å². The molecule has 1 heterocycles. The number of hydrogen-bond acceptors (Lipinski definition) is 5. The molecule has 0 aliphatic heterocycles. The Labute approximate surface area is 151 Å². The van der Waals surface area contributed by atoms with E-state index in [1.54, 1.807) is 18.2 Å². The van der Waals surface area contributed by atoms with E-state index in [9.17, 15) is 9.90 Å². The standard InChI is InChI=1S/C20H20N2O4/c1-25-14-20(24,16-10-6-3-7-11-16)13-21-19(23)17-12-18(26-22-17)15-8-4-2-5-9-15/h2-12,24H,13-14H2,1H3,(H,21,23)/t20-/m0/s1. The number of hydrogen-bond donors (Lipinski definition) is 2. The summed E-state index contributed by atoms with van der Waals surface area (Å²) < 4.78 is 10.4. The molecule has 3 aromatic rings. The van der Waals surface area contributed by atoms with Crippen LogP contribution in [0.4, 0.5) is 0 Å². The summed E-state index contributed by atoms with van der Waals surface area (Å²) in [7, 11) is 1.50. The van der Waals surface area contributed by atoms with Crippen LogP contribution in [0.25, 0.3) is 11.3 Å². The molecule has 0 radical (unpaired) electrons. The van der Waals surface area contributed by atoms with E-state index < -0.39 is 11.5 Å². The topological polar surface area (TPSA) is 84.6 Å². The van der Waals surface area contributed by atoms with Crippen molar-refractivity contribution in [3.05, 3.63) is 78.0 Å². The first-order chi connectivity index (χ1) is 12.6. The Balaban J connectivity index is 1.70. The summed E-state index contributed by atoms with van der Waals surface area (Å²) in [5.74, 6) is 0.0763. The molecule has 0 aliphatic rings. The molecule has 0 bridgehead atoms. The quantitative estimate of drug-likeness (QED) is 0.683. The summed E-state index contributed by atoms with van der Waals surface area (Å²) in [6, 6.07) is 20.0. The minimum Gasteiger partial charge on any atom is -0.381 e. The van der Waals surface area contributed by atoms with Crippen molar-refractivity contribution in [2.45, 2.75) is 5.60 Å². The summed E-state index contributed by atoms with van der Waals surface area (Å²) in [6.07, 6.45) is 0. The summed E-state index contributed by atoms with van der Waals surface area (Å²) in [4.78, 5) is 12.4. The van der Waals surface area contributed by atoms with Crippen molar-refractivity contribution in [2.75, 3.05) is 20.3 Å². The first kappa shape index (κ1) is 17.8. The number of aliphatic hydroxyl groups is 1. The summed E-state index contributed by atoms with van der Waals surface area (Å²) >= 11 is 0. The van der Waals surface area contributed by atoms with Gasteiger partial charge < -0.3 is 19.7 Å². The molecule has 3 rings (SSSR count). The van der Waals surface area contributed by atoms with E-state index in [1.165, 1.54) is 7.11 Å². The number of rotatable bonds is 7. The Bertz CT molecular complexity index is 849. The Morgan fingerprint density at radius 2 is 1.81 bits per heavy atom. The zero-order chi connectivity index (χ0) is 18.4. The van der Waals surface area contributed by atoms with Crippen LogP contribution in [-0.2, 0) is 10.3 Å². The van der Waals surface area contributed by atoms with Gasteiger partial charge in [-0.05, 0) is 5.56 Å². The Morgan fingerprint density at radius 1 is 1.15 bits per heavy atom. The van der Waals surface area contributed by atoms with Gasteiger partial charge in [-0.25, -0.2) is 0 Å². The Morgan fingerprint density at radius 3 is 2.46 bits per heavy atom. The highest BCUT2D eigenvalue weighted by molar-refractivity contribution is 5.93. The number of aromatic nitrogens is 1. The fourth-order valence-corrected chi connectivity index (χ4v) is 2.66. The molecule has 0 unspecified atom stereocenters. The lowest BCUT2D eigenvalue weighted by Crippen LogP contribution is -2.44. The average molecular weight is 352 g/mol. The first-order valence-corrected chi connectivity index (χ1v) is 8.19. The monoisotopic (exact) mass is 352 g/mol. The number of carbonyl (C=O) groups is 1. The molecule has 2 aromatic carbocycles. The van der Waals surface area contributed by atoms with Crippen molar-refractivity contribution in [1.29, 1.82) is 0 Å².